The van der Waals surface area contributed by atoms with Crippen LogP contribution in [-0.4, -0.2) is 50.5 Å². The molecule has 0 aliphatic carbocycles. The molecule has 0 heterocycles. The van der Waals surface area contributed by atoms with E-state index in [9.17, 15) is 18.0 Å². The molecular weight excluding hydrogens is 625 g/mol. The van der Waals surface area contributed by atoms with Gasteiger partial charge in [0, 0.05) is 24.0 Å². The fourth-order valence-electron chi connectivity index (χ4n) is 4.00. The zero-order chi connectivity index (χ0) is 28.6. The number of benzene rings is 3. The molecule has 0 spiro atoms. The Hall–Kier alpha value is -2.59. The molecule has 39 heavy (non-hydrogen) atoms. The monoisotopic (exact) mass is 653 g/mol. The van der Waals surface area contributed by atoms with Gasteiger partial charge in [0.1, 0.15) is 12.6 Å². The van der Waals surface area contributed by atoms with E-state index < -0.39 is 28.5 Å². The molecule has 2 amide bonds. The molecule has 3 aromatic carbocycles. The quantitative estimate of drug-likeness (QED) is 0.272. The van der Waals surface area contributed by atoms with Crippen molar-refractivity contribution in [3.8, 4) is 0 Å². The van der Waals surface area contributed by atoms with E-state index in [0.29, 0.717) is 32.3 Å². The van der Waals surface area contributed by atoms with Crippen LogP contribution < -0.4 is 9.62 Å². The molecule has 0 saturated carbocycles. The Labute approximate surface area is 248 Å². The van der Waals surface area contributed by atoms with E-state index in [-0.39, 0.29) is 18.9 Å². The Bertz CT molecular complexity index is 1410. The highest BCUT2D eigenvalue weighted by atomic mass is 79.9. The summed E-state index contributed by atoms with van der Waals surface area (Å²) >= 11 is 15.7. The van der Waals surface area contributed by atoms with Crippen LogP contribution in [0.25, 0.3) is 0 Å². The summed E-state index contributed by atoms with van der Waals surface area (Å²) in [5.41, 5.74) is 1.82. The van der Waals surface area contributed by atoms with E-state index in [1.807, 2.05) is 37.3 Å². The third kappa shape index (κ3) is 8.96. The number of carbonyl (C=O) groups is 2. The van der Waals surface area contributed by atoms with Gasteiger partial charge in [-0.05, 0) is 47.9 Å². The summed E-state index contributed by atoms with van der Waals surface area (Å²) in [6, 6.07) is 20.1. The molecule has 0 aliphatic heterocycles. The van der Waals surface area contributed by atoms with Crippen molar-refractivity contribution in [2.24, 2.45) is 0 Å². The first-order chi connectivity index (χ1) is 18.5. The molecule has 0 bridgehead atoms. The van der Waals surface area contributed by atoms with Crippen LogP contribution >= 0.6 is 39.1 Å². The van der Waals surface area contributed by atoms with Crippen molar-refractivity contribution in [3.05, 3.63) is 98.4 Å². The van der Waals surface area contributed by atoms with Crippen LogP contribution in [0.5, 0.6) is 0 Å². The number of amides is 2. The van der Waals surface area contributed by atoms with Crippen molar-refractivity contribution < 1.29 is 18.0 Å². The Morgan fingerprint density at radius 3 is 2.28 bits per heavy atom. The summed E-state index contributed by atoms with van der Waals surface area (Å²) in [6.07, 6.45) is 1.99. The third-order valence-electron chi connectivity index (χ3n) is 5.93. The normalized spacial score (nSPS) is 12.0. The van der Waals surface area contributed by atoms with Crippen LogP contribution in [0.3, 0.4) is 0 Å². The van der Waals surface area contributed by atoms with Crippen molar-refractivity contribution in [1.82, 2.24) is 10.2 Å². The molecule has 11 heteroatoms. The number of rotatable bonds is 12. The number of carbonyl (C=O) groups excluding carboxylic acids is 2. The van der Waals surface area contributed by atoms with E-state index >= 15 is 0 Å². The van der Waals surface area contributed by atoms with Crippen molar-refractivity contribution in [2.45, 2.75) is 32.4 Å². The second-order valence-corrected chi connectivity index (χ2v) is 12.7. The largest absolute Gasteiger partial charge is 0.354 e. The van der Waals surface area contributed by atoms with Gasteiger partial charge in [-0.3, -0.25) is 13.9 Å². The molecule has 3 rings (SSSR count). The van der Waals surface area contributed by atoms with Crippen LogP contribution in [0.4, 0.5) is 5.69 Å². The van der Waals surface area contributed by atoms with Gasteiger partial charge in [0.15, 0.2) is 0 Å². The van der Waals surface area contributed by atoms with Gasteiger partial charge >= 0.3 is 0 Å². The lowest BCUT2D eigenvalue weighted by Crippen LogP contribution is -2.53. The number of hydrogen-bond donors (Lipinski definition) is 1. The van der Waals surface area contributed by atoms with Crippen molar-refractivity contribution >= 4 is 66.7 Å². The Kier molecular flexibility index (Phi) is 11.2. The maximum Gasteiger partial charge on any atom is 0.244 e. The van der Waals surface area contributed by atoms with Crippen LogP contribution in [0.15, 0.2) is 77.3 Å². The molecule has 0 radical (unpaired) electrons. The SMILES string of the molecule is CCCNC(=O)[C@H](Cc1ccccc1)N(Cc1ccc(Cl)c(Cl)c1)C(=O)CN(c1cccc(Br)c1)S(C)(=O)=O. The van der Waals surface area contributed by atoms with Gasteiger partial charge in [-0.2, -0.15) is 0 Å². The minimum Gasteiger partial charge on any atom is -0.354 e. The molecule has 0 fully saturated rings. The van der Waals surface area contributed by atoms with Crippen LogP contribution in [0.2, 0.25) is 10.0 Å². The minimum atomic E-state index is -3.84. The van der Waals surface area contributed by atoms with Crippen LogP contribution in [-0.2, 0) is 32.6 Å². The fourth-order valence-corrected chi connectivity index (χ4v) is 5.55. The lowest BCUT2D eigenvalue weighted by Gasteiger charge is -2.33. The molecule has 7 nitrogen and oxygen atoms in total. The first kappa shape index (κ1) is 30.9. The van der Waals surface area contributed by atoms with E-state index in [4.69, 9.17) is 23.2 Å². The molecule has 0 saturated heterocycles. The Balaban J connectivity index is 2.06. The van der Waals surface area contributed by atoms with Crippen molar-refractivity contribution in [1.29, 1.82) is 0 Å². The standard InChI is InChI=1S/C28H30BrCl2N3O4S/c1-3-14-32-28(36)26(16-20-8-5-4-6-9-20)33(18-21-12-13-24(30)25(31)15-21)27(35)19-34(39(2,37)38)23-11-7-10-22(29)17-23/h4-13,15,17,26H,3,14,16,18-19H2,1-2H3,(H,32,36)/t26-/m0/s1. The maximum atomic E-state index is 14.0. The zero-order valence-corrected chi connectivity index (χ0v) is 25.5. The highest BCUT2D eigenvalue weighted by Crippen LogP contribution is 2.26. The first-order valence-corrected chi connectivity index (χ1v) is 15.7. The molecule has 1 atom stereocenters. The van der Waals surface area contributed by atoms with Gasteiger partial charge in [-0.25, -0.2) is 8.42 Å². The second kappa shape index (κ2) is 14.2. The van der Waals surface area contributed by atoms with Gasteiger partial charge in [-0.15, -0.1) is 0 Å². The van der Waals surface area contributed by atoms with Crippen molar-refractivity contribution in [2.75, 3.05) is 23.7 Å². The average Bonchev–Trinajstić information content (AvgIpc) is 2.89. The summed E-state index contributed by atoms with van der Waals surface area (Å²) < 4.78 is 27.3. The zero-order valence-electron chi connectivity index (χ0n) is 21.6. The molecular formula is C28H30BrCl2N3O4S. The number of anilines is 1. The van der Waals surface area contributed by atoms with E-state index in [1.165, 1.54) is 4.90 Å². The van der Waals surface area contributed by atoms with E-state index in [2.05, 4.69) is 21.2 Å². The number of nitrogens with zero attached hydrogens (tertiary/aromatic N) is 2. The summed E-state index contributed by atoms with van der Waals surface area (Å²) in [6.45, 7) is 1.89. The van der Waals surface area contributed by atoms with Gasteiger partial charge in [-0.1, -0.05) is 88.5 Å². The molecule has 0 aliphatic rings. The molecule has 208 valence electrons. The Morgan fingerprint density at radius 2 is 1.67 bits per heavy atom. The highest BCUT2D eigenvalue weighted by Gasteiger charge is 2.33. The maximum absolute atomic E-state index is 14.0. The van der Waals surface area contributed by atoms with Crippen molar-refractivity contribution in [3.63, 3.8) is 0 Å². The van der Waals surface area contributed by atoms with Crippen LogP contribution in [0, 0.1) is 0 Å². The lowest BCUT2D eigenvalue weighted by atomic mass is 10.0. The van der Waals surface area contributed by atoms with Gasteiger partial charge in [0.25, 0.3) is 0 Å². The summed E-state index contributed by atoms with van der Waals surface area (Å²) in [4.78, 5) is 28.9. The van der Waals surface area contributed by atoms with E-state index in [1.54, 1.807) is 42.5 Å². The Morgan fingerprint density at radius 1 is 0.949 bits per heavy atom. The van der Waals surface area contributed by atoms with Crippen LogP contribution in [0.1, 0.15) is 24.5 Å². The first-order valence-electron chi connectivity index (χ1n) is 12.3. The third-order valence-corrected chi connectivity index (χ3v) is 8.31. The topological polar surface area (TPSA) is 86.8 Å². The van der Waals surface area contributed by atoms with Gasteiger partial charge in [0.05, 0.1) is 22.0 Å². The molecule has 3 aromatic rings. The summed E-state index contributed by atoms with van der Waals surface area (Å²) in [7, 11) is -3.84. The minimum absolute atomic E-state index is 0.0167. The average molecular weight is 655 g/mol. The number of sulfonamides is 1. The fraction of sp³-hybridized carbons (Fsp3) is 0.286. The predicted molar refractivity (Wildman–Crippen MR) is 161 cm³/mol. The predicted octanol–water partition coefficient (Wildman–Crippen LogP) is 5.69. The molecule has 1 N–H and O–H groups in total. The second-order valence-electron chi connectivity index (χ2n) is 9.02. The smallest absolute Gasteiger partial charge is 0.244 e. The number of halogens is 3. The molecule has 0 aromatic heterocycles. The van der Waals surface area contributed by atoms with Gasteiger partial charge < -0.3 is 10.2 Å². The number of hydrogen-bond acceptors (Lipinski definition) is 4. The molecule has 0 unspecified atom stereocenters. The highest BCUT2D eigenvalue weighted by molar-refractivity contribution is 9.10. The summed E-state index contributed by atoms with van der Waals surface area (Å²) in [5.74, 6) is -0.874. The summed E-state index contributed by atoms with van der Waals surface area (Å²) in [5, 5.41) is 3.57. The van der Waals surface area contributed by atoms with Gasteiger partial charge in [0.2, 0.25) is 21.8 Å². The van der Waals surface area contributed by atoms with E-state index in [0.717, 1.165) is 22.5 Å². The lowest BCUT2D eigenvalue weighted by molar-refractivity contribution is -0.140. The number of nitrogens with one attached hydrogen (secondary N) is 1.